The average Bonchev–Trinajstić information content (AvgIpc) is 2.09. The number of aromatic hydroxyl groups is 1. The molecular formula is C11H17NO2. The van der Waals surface area contributed by atoms with Crippen molar-refractivity contribution in [3.8, 4) is 5.75 Å². The van der Waals surface area contributed by atoms with Gasteiger partial charge in [0.25, 0.3) is 0 Å². The van der Waals surface area contributed by atoms with Gasteiger partial charge in [-0.05, 0) is 37.0 Å². The number of benzene rings is 1. The van der Waals surface area contributed by atoms with Gasteiger partial charge in [0.15, 0.2) is 0 Å². The predicted octanol–water partition coefficient (Wildman–Crippen LogP) is 0.817. The zero-order chi connectivity index (χ0) is 10.6. The molecule has 1 aromatic rings. The molecule has 14 heavy (non-hydrogen) atoms. The van der Waals surface area contributed by atoms with Gasteiger partial charge in [-0.3, -0.25) is 0 Å². The van der Waals surface area contributed by atoms with Crippen LogP contribution in [0.3, 0.4) is 0 Å². The van der Waals surface area contributed by atoms with Gasteiger partial charge < -0.3 is 15.9 Å². The number of phenols is 1. The minimum atomic E-state index is 0.0558. The van der Waals surface area contributed by atoms with Gasteiger partial charge in [0.1, 0.15) is 5.75 Å². The van der Waals surface area contributed by atoms with E-state index in [0.29, 0.717) is 6.42 Å². The highest BCUT2D eigenvalue weighted by Crippen LogP contribution is 2.19. The molecule has 0 saturated heterocycles. The standard InChI is InChI=1S/C11H17NO2/c1-8(12)6-9-2-3-10(4-5-13)11(14)7-9/h2-3,7-8,13-14H,4-6,12H2,1H3. The Morgan fingerprint density at radius 3 is 2.64 bits per heavy atom. The van der Waals surface area contributed by atoms with E-state index < -0.39 is 0 Å². The smallest absolute Gasteiger partial charge is 0.119 e. The van der Waals surface area contributed by atoms with Crippen LogP contribution in [0.1, 0.15) is 18.1 Å². The fourth-order valence-electron chi connectivity index (χ4n) is 1.44. The molecule has 1 unspecified atom stereocenters. The summed E-state index contributed by atoms with van der Waals surface area (Å²) in [6.07, 6.45) is 1.25. The molecule has 1 rings (SSSR count). The normalized spacial score (nSPS) is 12.8. The molecule has 0 radical (unpaired) electrons. The van der Waals surface area contributed by atoms with E-state index >= 15 is 0 Å². The second-order valence-electron chi connectivity index (χ2n) is 3.62. The van der Waals surface area contributed by atoms with Crippen molar-refractivity contribution in [1.29, 1.82) is 0 Å². The third kappa shape index (κ3) is 3.01. The molecule has 0 aliphatic heterocycles. The second kappa shape index (κ2) is 4.98. The molecule has 1 aromatic carbocycles. The third-order valence-corrected chi connectivity index (χ3v) is 2.09. The van der Waals surface area contributed by atoms with E-state index in [4.69, 9.17) is 10.8 Å². The second-order valence-corrected chi connectivity index (χ2v) is 3.62. The number of nitrogens with two attached hydrogens (primary N) is 1. The van der Waals surface area contributed by atoms with Crippen LogP contribution < -0.4 is 5.73 Å². The fourth-order valence-corrected chi connectivity index (χ4v) is 1.44. The molecule has 0 fully saturated rings. The Morgan fingerprint density at radius 1 is 1.43 bits per heavy atom. The van der Waals surface area contributed by atoms with Crippen LogP contribution in [0.4, 0.5) is 0 Å². The maximum Gasteiger partial charge on any atom is 0.119 e. The maximum absolute atomic E-state index is 9.58. The van der Waals surface area contributed by atoms with E-state index in [1.165, 1.54) is 0 Å². The lowest BCUT2D eigenvalue weighted by atomic mass is 10.0. The van der Waals surface area contributed by atoms with E-state index in [1.54, 1.807) is 6.07 Å². The van der Waals surface area contributed by atoms with Crippen LogP contribution in [-0.2, 0) is 12.8 Å². The Labute approximate surface area is 84.2 Å². The van der Waals surface area contributed by atoms with E-state index in [-0.39, 0.29) is 18.4 Å². The Bertz CT molecular complexity index is 297. The molecule has 0 aromatic heterocycles. The topological polar surface area (TPSA) is 66.5 Å². The molecule has 0 aliphatic rings. The van der Waals surface area contributed by atoms with E-state index in [2.05, 4.69) is 0 Å². The van der Waals surface area contributed by atoms with Crippen molar-refractivity contribution < 1.29 is 10.2 Å². The van der Waals surface area contributed by atoms with Crippen molar-refractivity contribution in [2.45, 2.75) is 25.8 Å². The number of aliphatic hydroxyl groups excluding tert-OH is 1. The Hall–Kier alpha value is -1.06. The van der Waals surface area contributed by atoms with Gasteiger partial charge >= 0.3 is 0 Å². The van der Waals surface area contributed by atoms with Crippen LogP contribution in [0.5, 0.6) is 5.75 Å². The quantitative estimate of drug-likeness (QED) is 0.666. The van der Waals surface area contributed by atoms with Gasteiger partial charge in [-0.1, -0.05) is 12.1 Å². The number of phenolic OH excluding ortho intramolecular Hbond substituents is 1. The molecule has 4 N–H and O–H groups in total. The van der Waals surface area contributed by atoms with Crippen LogP contribution in [-0.4, -0.2) is 22.9 Å². The molecule has 0 aliphatic carbocycles. The summed E-state index contributed by atoms with van der Waals surface area (Å²) in [5.74, 6) is 0.247. The van der Waals surface area contributed by atoms with Crippen LogP contribution in [0.25, 0.3) is 0 Å². The van der Waals surface area contributed by atoms with Crippen molar-refractivity contribution in [2.75, 3.05) is 6.61 Å². The summed E-state index contributed by atoms with van der Waals surface area (Å²) in [6, 6.07) is 5.59. The van der Waals surface area contributed by atoms with Crippen LogP contribution in [0.2, 0.25) is 0 Å². The third-order valence-electron chi connectivity index (χ3n) is 2.09. The van der Waals surface area contributed by atoms with Crippen molar-refractivity contribution in [3.63, 3.8) is 0 Å². The van der Waals surface area contributed by atoms with E-state index in [1.807, 2.05) is 19.1 Å². The lowest BCUT2D eigenvalue weighted by Gasteiger charge is -2.08. The minimum absolute atomic E-state index is 0.0558. The first-order valence-corrected chi connectivity index (χ1v) is 4.80. The van der Waals surface area contributed by atoms with E-state index in [0.717, 1.165) is 17.5 Å². The Morgan fingerprint density at radius 2 is 2.14 bits per heavy atom. The summed E-state index contributed by atoms with van der Waals surface area (Å²) >= 11 is 0. The fraction of sp³-hybridized carbons (Fsp3) is 0.455. The highest BCUT2D eigenvalue weighted by atomic mass is 16.3. The van der Waals surface area contributed by atoms with Gasteiger partial charge in [-0.25, -0.2) is 0 Å². The predicted molar refractivity (Wildman–Crippen MR) is 56.3 cm³/mol. The molecule has 0 spiro atoms. The van der Waals surface area contributed by atoms with Gasteiger partial charge in [0, 0.05) is 12.6 Å². The summed E-state index contributed by atoms with van der Waals surface area (Å²) in [7, 11) is 0. The molecule has 0 heterocycles. The zero-order valence-corrected chi connectivity index (χ0v) is 8.40. The summed E-state index contributed by atoms with van der Waals surface area (Å²) in [5.41, 5.74) is 7.46. The van der Waals surface area contributed by atoms with E-state index in [9.17, 15) is 5.11 Å². The van der Waals surface area contributed by atoms with Gasteiger partial charge in [-0.2, -0.15) is 0 Å². The van der Waals surface area contributed by atoms with Crippen LogP contribution >= 0.6 is 0 Å². The Kier molecular flexibility index (Phi) is 3.92. The van der Waals surface area contributed by atoms with Gasteiger partial charge in [-0.15, -0.1) is 0 Å². The first-order valence-electron chi connectivity index (χ1n) is 4.80. The highest BCUT2D eigenvalue weighted by Gasteiger charge is 2.03. The first kappa shape index (κ1) is 11.0. The highest BCUT2D eigenvalue weighted by molar-refractivity contribution is 5.36. The molecule has 3 heteroatoms. The molecule has 0 amide bonds. The average molecular weight is 195 g/mol. The van der Waals surface area contributed by atoms with Crippen molar-refractivity contribution in [3.05, 3.63) is 29.3 Å². The lowest BCUT2D eigenvalue weighted by molar-refractivity contribution is 0.297. The maximum atomic E-state index is 9.58. The molecule has 0 bridgehead atoms. The minimum Gasteiger partial charge on any atom is -0.508 e. The number of hydrogen-bond acceptors (Lipinski definition) is 3. The molecule has 0 saturated carbocycles. The summed E-state index contributed by atoms with van der Waals surface area (Å²) < 4.78 is 0. The summed E-state index contributed by atoms with van der Waals surface area (Å²) in [6.45, 7) is 1.99. The first-order chi connectivity index (χ1) is 6.63. The van der Waals surface area contributed by atoms with Crippen LogP contribution in [0, 0.1) is 0 Å². The van der Waals surface area contributed by atoms with Gasteiger partial charge in [0.05, 0.1) is 0 Å². The van der Waals surface area contributed by atoms with Crippen molar-refractivity contribution in [1.82, 2.24) is 0 Å². The number of hydrogen-bond donors (Lipinski definition) is 3. The van der Waals surface area contributed by atoms with Crippen molar-refractivity contribution >= 4 is 0 Å². The largest absolute Gasteiger partial charge is 0.508 e. The molecule has 78 valence electrons. The monoisotopic (exact) mass is 195 g/mol. The SMILES string of the molecule is CC(N)Cc1ccc(CCO)c(O)c1. The molecule has 1 atom stereocenters. The van der Waals surface area contributed by atoms with Crippen LogP contribution in [0.15, 0.2) is 18.2 Å². The zero-order valence-electron chi connectivity index (χ0n) is 8.40. The van der Waals surface area contributed by atoms with Gasteiger partial charge in [0.2, 0.25) is 0 Å². The Balaban J connectivity index is 2.78. The lowest BCUT2D eigenvalue weighted by Crippen LogP contribution is -2.17. The van der Waals surface area contributed by atoms with Crippen molar-refractivity contribution in [2.24, 2.45) is 5.73 Å². The number of rotatable bonds is 4. The molecule has 3 nitrogen and oxygen atoms in total. The summed E-state index contributed by atoms with van der Waals surface area (Å²) in [4.78, 5) is 0. The molecular weight excluding hydrogens is 178 g/mol. The summed E-state index contributed by atoms with van der Waals surface area (Å²) in [5, 5.41) is 18.3. The number of aliphatic hydroxyl groups is 1.